The van der Waals surface area contributed by atoms with Crippen LogP contribution in [-0.4, -0.2) is 18.8 Å². The van der Waals surface area contributed by atoms with E-state index in [0.717, 1.165) is 13.1 Å². The number of rotatable bonds is 3. The van der Waals surface area contributed by atoms with Gasteiger partial charge in [-0.2, -0.15) is 0 Å². The number of hydrogen-bond donors (Lipinski definition) is 1. The van der Waals surface area contributed by atoms with Crippen molar-refractivity contribution in [3.8, 4) is 0 Å². The maximum absolute atomic E-state index is 4.53. The van der Waals surface area contributed by atoms with Crippen molar-refractivity contribution in [3.05, 3.63) is 11.3 Å². The van der Waals surface area contributed by atoms with Gasteiger partial charge in [0, 0.05) is 24.5 Å². The average Bonchev–Trinajstić information content (AvgIpc) is 2.54. The Morgan fingerprint density at radius 3 is 2.77 bits per heavy atom. The molecule has 0 heterocycles. The van der Waals surface area contributed by atoms with E-state index >= 15 is 0 Å². The molecule has 1 fully saturated rings. The van der Waals surface area contributed by atoms with Gasteiger partial charge in [-0.25, -0.2) is 0 Å². The van der Waals surface area contributed by atoms with Crippen LogP contribution in [0, 0.1) is 0 Å². The van der Waals surface area contributed by atoms with Gasteiger partial charge in [0.05, 0.1) is 0 Å². The first-order valence-corrected chi connectivity index (χ1v) is 5.26. The predicted octanol–water partition coefficient (Wildman–Crippen LogP) is 2.51. The lowest BCUT2D eigenvalue weighted by molar-refractivity contribution is 0.831. The molecule has 0 aromatic carbocycles. The number of nitrogens with one attached hydrogen (secondary N) is 1. The molecule has 2 nitrogen and oxygen atoms in total. The molecule has 2 heteroatoms. The van der Waals surface area contributed by atoms with Crippen molar-refractivity contribution in [3.63, 3.8) is 0 Å². The second-order valence-electron chi connectivity index (χ2n) is 3.41. The van der Waals surface area contributed by atoms with Crippen molar-refractivity contribution in [1.82, 2.24) is 5.32 Å². The monoisotopic (exact) mass is 180 g/mol. The fraction of sp³-hybridized carbons (Fsp3) is 0.727. The predicted molar refractivity (Wildman–Crippen MR) is 58.2 cm³/mol. The van der Waals surface area contributed by atoms with Crippen LogP contribution in [0.5, 0.6) is 0 Å². The first kappa shape index (κ1) is 10.3. The van der Waals surface area contributed by atoms with Gasteiger partial charge in [0.1, 0.15) is 0 Å². The zero-order chi connectivity index (χ0) is 9.68. The van der Waals surface area contributed by atoms with Crippen LogP contribution in [0.2, 0.25) is 0 Å². The van der Waals surface area contributed by atoms with Crippen molar-refractivity contribution in [1.29, 1.82) is 0 Å². The lowest BCUT2D eigenvalue weighted by Gasteiger charge is -2.08. The van der Waals surface area contributed by atoms with Gasteiger partial charge in [0.25, 0.3) is 0 Å². The highest BCUT2D eigenvalue weighted by atomic mass is 14.9. The van der Waals surface area contributed by atoms with E-state index in [4.69, 9.17) is 0 Å². The second kappa shape index (κ2) is 5.05. The summed E-state index contributed by atoms with van der Waals surface area (Å²) in [5.74, 6) is 0. The standard InChI is InChI=1S/C11H20N2/c1-4-12-9(3)10-7-6-8-11(10)13-5-2/h12H,4-8H2,1-3H3. The van der Waals surface area contributed by atoms with Crippen molar-refractivity contribution >= 4 is 5.71 Å². The number of allylic oxidation sites excluding steroid dienone is 2. The van der Waals surface area contributed by atoms with Crippen LogP contribution in [0.4, 0.5) is 0 Å². The molecule has 0 bridgehead atoms. The van der Waals surface area contributed by atoms with Gasteiger partial charge in [0.2, 0.25) is 0 Å². The zero-order valence-electron chi connectivity index (χ0n) is 8.98. The summed E-state index contributed by atoms with van der Waals surface area (Å²) in [5, 5.41) is 3.37. The van der Waals surface area contributed by atoms with E-state index in [0.29, 0.717) is 0 Å². The minimum absolute atomic E-state index is 0.915. The average molecular weight is 180 g/mol. The summed E-state index contributed by atoms with van der Waals surface area (Å²) >= 11 is 0. The Labute approximate surface area is 81.1 Å². The third kappa shape index (κ3) is 2.58. The summed E-state index contributed by atoms with van der Waals surface area (Å²) in [5.41, 5.74) is 4.12. The summed E-state index contributed by atoms with van der Waals surface area (Å²) < 4.78 is 0. The highest BCUT2D eigenvalue weighted by Gasteiger charge is 2.16. The summed E-state index contributed by atoms with van der Waals surface area (Å²) in [6, 6.07) is 0. The molecule has 0 spiro atoms. The Hall–Kier alpha value is -0.790. The third-order valence-corrected chi connectivity index (χ3v) is 2.43. The van der Waals surface area contributed by atoms with E-state index < -0.39 is 0 Å². The van der Waals surface area contributed by atoms with Crippen LogP contribution in [-0.2, 0) is 0 Å². The summed E-state index contributed by atoms with van der Waals surface area (Å²) in [7, 11) is 0. The Kier molecular flexibility index (Phi) is 4.00. The molecule has 13 heavy (non-hydrogen) atoms. The Morgan fingerprint density at radius 2 is 2.15 bits per heavy atom. The molecule has 0 saturated heterocycles. The van der Waals surface area contributed by atoms with E-state index in [1.165, 1.54) is 36.2 Å². The highest BCUT2D eigenvalue weighted by Crippen LogP contribution is 2.24. The van der Waals surface area contributed by atoms with Gasteiger partial charge in [0.15, 0.2) is 0 Å². The summed E-state index contributed by atoms with van der Waals surface area (Å²) in [6.45, 7) is 8.32. The Balaban J connectivity index is 2.77. The van der Waals surface area contributed by atoms with Crippen LogP contribution >= 0.6 is 0 Å². The van der Waals surface area contributed by atoms with Crippen LogP contribution in [0.25, 0.3) is 0 Å². The third-order valence-electron chi connectivity index (χ3n) is 2.43. The molecule has 74 valence electrons. The fourth-order valence-corrected chi connectivity index (χ4v) is 1.87. The highest BCUT2D eigenvalue weighted by molar-refractivity contribution is 6.02. The maximum atomic E-state index is 4.53. The van der Waals surface area contributed by atoms with Crippen LogP contribution < -0.4 is 5.32 Å². The van der Waals surface area contributed by atoms with Gasteiger partial charge >= 0.3 is 0 Å². The van der Waals surface area contributed by atoms with Crippen molar-refractivity contribution in [2.45, 2.75) is 40.0 Å². The summed E-state index contributed by atoms with van der Waals surface area (Å²) in [6.07, 6.45) is 3.65. The molecule has 0 aromatic rings. The molecule has 0 radical (unpaired) electrons. The van der Waals surface area contributed by atoms with Crippen molar-refractivity contribution in [2.75, 3.05) is 13.1 Å². The Bertz CT molecular complexity index is 226. The van der Waals surface area contributed by atoms with E-state index in [9.17, 15) is 0 Å². The van der Waals surface area contributed by atoms with Crippen molar-refractivity contribution < 1.29 is 0 Å². The lowest BCUT2D eigenvalue weighted by Crippen LogP contribution is -2.13. The first-order chi connectivity index (χ1) is 6.29. The van der Waals surface area contributed by atoms with E-state index in [2.05, 4.69) is 31.1 Å². The molecule has 1 aliphatic carbocycles. The smallest absolute Gasteiger partial charge is 0.0397 e. The minimum Gasteiger partial charge on any atom is -0.389 e. The van der Waals surface area contributed by atoms with E-state index in [1.807, 2.05) is 0 Å². The van der Waals surface area contributed by atoms with Gasteiger partial charge in [-0.1, -0.05) is 0 Å². The molecule has 0 atom stereocenters. The summed E-state index contributed by atoms with van der Waals surface area (Å²) in [4.78, 5) is 4.53. The van der Waals surface area contributed by atoms with Gasteiger partial charge in [-0.15, -0.1) is 0 Å². The van der Waals surface area contributed by atoms with Crippen LogP contribution in [0.1, 0.15) is 40.0 Å². The van der Waals surface area contributed by atoms with Gasteiger partial charge in [-0.05, 0) is 45.6 Å². The maximum Gasteiger partial charge on any atom is 0.0397 e. The van der Waals surface area contributed by atoms with Crippen molar-refractivity contribution in [2.24, 2.45) is 4.99 Å². The number of hydrogen-bond acceptors (Lipinski definition) is 2. The lowest BCUT2D eigenvalue weighted by atomic mass is 10.1. The second-order valence-corrected chi connectivity index (χ2v) is 3.41. The molecule has 0 aliphatic heterocycles. The first-order valence-electron chi connectivity index (χ1n) is 5.26. The van der Waals surface area contributed by atoms with Crippen LogP contribution in [0.3, 0.4) is 0 Å². The van der Waals surface area contributed by atoms with Crippen LogP contribution in [0.15, 0.2) is 16.3 Å². The Morgan fingerprint density at radius 1 is 1.38 bits per heavy atom. The number of nitrogens with zero attached hydrogens (tertiary/aromatic N) is 1. The SMILES string of the molecule is CCN=C1CCCC1=C(C)NCC. The zero-order valence-corrected chi connectivity index (χ0v) is 8.98. The normalized spacial score (nSPS) is 23.8. The molecular weight excluding hydrogens is 160 g/mol. The topological polar surface area (TPSA) is 24.4 Å². The molecular formula is C11H20N2. The number of aliphatic imine (C=N–C) groups is 1. The van der Waals surface area contributed by atoms with E-state index in [1.54, 1.807) is 0 Å². The molecule has 1 saturated carbocycles. The van der Waals surface area contributed by atoms with Gasteiger partial charge in [-0.3, -0.25) is 4.99 Å². The molecule has 0 unspecified atom stereocenters. The molecule has 0 aromatic heterocycles. The molecule has 1 rings (SSSR count). The quantitative estimate of drug-likeness (QED) is 0.709. The fourth-order valence-electron chi connectivity index (χ4n) is 1.87. The molecule has 0 amide bonds. The minimum atomic E-state index is 0.915. The molecule has 1 aliphatic rings. The van der Waals surface area contributed by atoms with E-state index in [-0.39, 0.29) is 0 Å². The molecule has 1 N–H and O–H groups in total. The largest absolute Gasteiger partial charge is 0.389 e. The van der Waals surface area contributed by atoms with Gasteiger partial charge < -0.3 is 5.32 Å².